The molecule has 0 aromatic heterocycles. The van der Waals surface area contributed by atoms with Gasteiger partial charge in [-0.1, -0.05) is 6.07 Å². The third-order valence-electron chi connectivity index (χ3n) is 6.84. The number of nitrogens with zero attached hydrogens (tertiary/aromatic N) is 4. The molecule has 2 atom stereocenters. The zero-order chi connectivity index (χ0) is 24.4. The molecule has 3 aliphatic rings. The van der Waals surface area contributed by atoms with Crippen LogP contribution in [0.5, 0.6) is 0 Å². The Labute approximate surface area is 202 Å². The van der Waals surface area contributed by atoms with E-state index in [4.69, 9.17) is 4.74 Å². The van der Waals surface area contributed by atoms with Crippen LogP contribution in [-0.4, -0.2) is 79.2 Å². The van der Waals surface area contributed by atoms with Crippen molar-refractivity contribution in [3.63, 3.8) is 0 Å². The number of benzene rings is 1. The lowest BCUT2D eigenvalue weighted by molar-refractivity contribution is -0.133. The molecule has 0 radical (unpaired) electrons. The van der Waals surface area contributed by atoms with Crippen LogP contribution < -0.4 is 15.2 Å². The Bertz CT molecular complexity index is 930. The largest absolute Gasteiger partial charge is 0.446 e. The summed E-state index contributed by atoms with van der Waals surface area (Å²) in [7, 11) is 0. The van der Waals surface area contributed by atoms with E-state index < -0.39 is 6.09 Å². The third kappa shape index (κ3) is 5.20. The van der Waals surface area contributed by atoms with E-state index in [1.165, 1.54) is 6.42 Å². The van der Waals surface area contributed by atoms with E-state index in [-0.39, 0.29) is 29.9 Å². The van der Waals surface area contributed by atoms with Crippen LogP contribution in [-0.2, 0) is 14.3 Å². The maximum Gasteiger partial charge on any atom is 0.414 e. The number of hydrazine groups is 1. The summed E-state index contributed by atoms with van der Waals surface area (Å²) in [4.78, 5) is 43.3. The van der Waals surface area contributed by atoms with Crippen molar-refractivity contribution in [2.75, 3.05) is 49.1 Å². The van der Waals surface area contributed by atoms with Crippen molar-refractivity contribution in [3.8, 4) is 0 Å². The average Bonchev–Trinajstić information content (AvgIpc) is 3.26. The molecule has 9 heteroatoms. The topological polar surface area (TPSA) is 85.4 Å². The number of carbonyl (C=O) groups excluding carboxylic acids is 3. The summed E-state index contributed by atoms with van der Waals surface area (Å²) in [5.74, 6) is 0.294. The van der Waals surface area contributed by atoms with Gasteiger partial charge in [0, 0.05) is 45.6 Å². The minimum absolute atomic E-state index is 0.0525. The second kappa shape index (κ2) is 10.3. The first-order valence-corrected chi connectivity index (χ1v) is 12.4. The maximum atomic E-state index is 12.9. The van der Waals surface area contributed by atoms with Gasteiger partial charge in [0.25, 0.3) is 0 Å². The van der Waals surface area contributed by atoms with Crippen LogP contribution in [0.25, 0.3) is 0 Å². The van der Waals surface area contributed by atoms with E-state index in [9.17, 15) is 14.4 Å². The first kappa shape index (κ1) is 24.5. The van der Waals surface area contributed by atoms with Crippen molar-refractivity contribution in [3.05, 3.63) is 23.8 Å². The summed E-state index contributed by atoms with van der Waals surface area (Å²) >= 11 is 0. The van der Waals surface area contributed by atoms with E-state index in [0.717, 1.165) is 43.7 Å². The van der Waals surface area contributed by atoms with Crippen LogP contribution in [0, 0.1) is 0 Å². The van der Waals surface area contributed by atoms with Crippen molar-refractivity contribution >= 4 is 29.3 Å². The zero-order valence-corrected chi connectivity index (χ0v) is 20.7. The highest BCUT2D eigenvalue weighted by atomic mass is 16.6. The van der Waals surface area contributed by atoms with Crippen LogP contribution in [0.15, 0.2) is 18.2 Å². The highest BCUT2D eigenvalue weighted by Crippen LogP contribution is 2.39. The fourth-order valence-corrected chi connectivity index (χ4v) is 5.20. The van der Waals surface area contributed by atoms with Crippen molar-refractivity contribution in [2.45, 2.75) is 65.0 Å². The van der Waals surface area contributed by atoms with Crippen molar-refractivity contribution in [2.24, 2.45) is 0 Å². The van der Waals surface area contributed by atoms with E-state index in [2.05, 4.69) is 5.43 Å². The predicted molar refractivity (Wildman–Crippen MR) is 131 cm³/mol. The Kier molecular flexibility index (Phi) is 7.42. The maximum absolute atomic E-state index is 12.9. The highest BCUT2D eigenvalue weighted by molar-refractivity contribution is 6.02. The number of fused-ring (bicyclic) bond motifs is 1. The van der Waals surface area contributed by atoms with Gasteiger partial charge in [0.1, 0.15) is 0 Å². The van der Waals surface area contributed by atoms with Gasteiger partial charge in [-0.2, -0.15) is 0 Å². The first-order valence-electron chi connectivity index (χ1n) is 12.4. The molecule has 4 rings (SSSR count). The first-order chi connectivity index (χ1) is 16.2. The van der Waals surface area contributed by atoms with Gasteiger partial charge in [0.15, 0.2) is 0 Å². The summed E-state index contributed by atoms with van der Waals surface area (Å²) in [6, 6.07) is 5.81. The molecule has 3 aliphatic heterocycles. The Morgan fingerprint density at radius 2 is 1.82 bits per heavy atom. The monoisotopic (exact) mass is 471 g/mol. The van der Waals surface area contributed by atoms with E-state index in [0.29, 0.717) is 25.3 Å². The third-order valence-corrected chi connectivity index (χ3v) is 6.84. The van der Waals surface area contributed by atoms with Gasteiger partial charge in [0.2, 0.25) is 11.8 Å². The molecule has 0 spiro atoms. The van der Waals surface area contributed by atoms with Gasteiger partial charge in [-0.25, -0.2) is 9.80 Å². The molecule has 1 aromatic carbocycles. The van der Waals surface area contributed by atoms with Gasteiger partial charge in [0.05, 0.1) is 30.1 Å². The summed E-state index contributed by atoms with van der Waals surface area (Å²) in [5.41, 5.74) is 5.85. The summed E-state index contributed by atoms with van der Waals surface area (Å²) in [6.45, 7) is 11.0. The average molecular weight is 472 g/mol. The Hall–Kier alpha value is -2.65. The zero-order valence-electron chi connectivity index (χ0n) is 20.7. The number of piperidine rings is 1. The van der Waals surface area contributed by atoms with Crippen molar-refractivity contribution < 1.29 is 19.1 Å². The van der Waals surface area contributed by atoms with Gasteiger partial charge in [-0.05, 0) is 57.7 Å². The van der Waals surface area contributed by atoms with E-state index in [1.807, 2.05) is 48.9 Å². The quantitative estimate of drug-likeness (QED) is 0.727. The number of hydrogen-bond donors (Lipinski definition) is 1. The lowest BCUT2D eigenvalue weighted by atomic mass is 9.97. The molecule has 3 heterocycles. The molecule has 1 unspecified atom stereocenters. The molecule has 2 saturated heterocycles. The Morgan fingerprint density at radius 1 is 1.09 bits per heavy atom. The minimum Gasteiger partial charge on any atom is -0.446 e. The van der Waals surface area contributed by atoms with Gasteiger partial charge in [-0.15, -0.1) is 0 Å². The fourth-order valence-electron chi connectivity index (χ4n) is 5.20. The summed E-state index contributed by atoms with van der Waals surface area (Å²) in [6.07, 6.45) is 2.74. The predicted octanol–water partition coefficient (Wildman–Crippen LogP) is 2.71. The van der Waals surface area contributed by atoms with Crippen LogP contribution in [0.2, 0.25) is 0 Å². The van der Waals surface area contributed by atoms with E-state index in [1.54, 1.807) is 16.7 Å². The number of nitrogens with one attached hydrogen (secondary N) is 1. The van der Waals surface area contributed by atoms with Gasteiger partial charge >= 0.3 is 6.09 Å². The molecule has 3 amide bonds. The molecule has 0 bridgehead atoms. The molecule has 0 aliphatic carbocycles. The van der Waals surface area contributed by atoms with Crippen LogP contribution in [0.1, 0.15) is 58.4 Å². The number of ether oxygens (including phenoxy) is 1. The smallest absolute Gasteiger partial charge is 0.414 e. The molecule has 1 N–H and O–H groups in total. The van der Waals surface area contributed by atoms with Crippen LogP contribution >= 0.6 is 0 Å². The highest BCUT2D eigenvalue weighted by Gasteiger charge is 2.36. The Balaban J connectivity index is 1.52. The van der Waals surface area contributed by atoms with E-state index >= 15 is 0 Å². The summed E-state index contributed by atoms with van der Waals surface area (Å²) in [5, 5.41) is 2.00. The molecule has 0 saturated carbocycles. The fraction of sp³-hybridized carbons (Fsp3) is 0.640. The van der Waals surface area contributed by atoms with Crippen molar-refractivity contribution in [1.82, 2.24) is 15.3 Å². The molecule has 2 fully saturated rings. The number of carbonyl (C=O) groups is 3. The molecular formula is C25H37N5O4. The van der Waals surface area contributed by atoms with Crippen LogP contribution in [0.4, 0.5) is 16.2 Å². The number of rotatable bonds is 4. The number of amides is 3. The van der Waals surface area contributed by atoms with Gasteiger partial charge in [-0.3, -0.25) is 19.9 Å². The van der Waals surface area contributed by atoms with Crippen molar-refractivity contribution in [1.29, 1.82) is 0 Å². The normalized spacial score (nSPS) is 23.3. The molecule has 34 heavy (non-hydrogen) atoms. The summed E-state index contributed by atoms with van der Waals surface area (Å²) < 4.78 is 5.50. The second-order valence-corrected chi connectivity index (χ2v) is 9.91. The minimum atomic E-state index is -0.401. The van der Waals surface area contributed by atoms with Crippen LogP contribution in [0.3, 0.4) is 0 Å². The number of hydrogen-bond acceptors (Lipinski definition) is 6. The molecule has 9 nitrogen and oxygen atoms in total. The second-order valence-electron chi connectivity index (χ2n) is 9.91. The molecular weight excluding hydrogens is 434 g/mol. The SMILES string of the molecule is CC(=O)N1c2ccc(C3CNN(CC(=O)N4CCCCC4)C3)cc2N(C(=O)OC(C)C)C[C@@H]1C. The Morgan fingerprint density at radius 3 is 2.50 bits per heavy atom. The van der Waals surface area contributed by atoms with Gasteiger partial charge < -0.3 is 14.5 Å². The lowest BCUT2D eigenvalue weighted by Crippen LogP contribution is -2.51. The number of anilines is 2. The molecule has 186 valence electrons. The lowest BCUT2D eigenvalue weighted by Gasteiger charge is -2.40. The number of likely N-dealkylation sites (tertiary alicyclic amines) is 1. The standard InChI is InChI=1S/C25H37N5O4/c1-17(2)34-25(33)29-14-18(3)30(19(4)31)22-9-8-20(12-23(22)29)21-13-26-28(15-21)16-24(32)27-10-6-5-7-11-27/h8-9,12,17-18,21,26H,5-7,10-11,13-16H2,1-4H3/t18-,21?/m0/s1. The molecule has 1 aromatic rings.